The molecule has 6 nitrogen and oxygen atoms in total. The van der Waals surface area contributed by atoms with E-state index in [0.717, 1.165) is 0 Å². The minimum absolute atomic E-state index is 0.0509. The van der Waals surface area contributed by atoms with Crippen LogP contribution in [0.2, 0.25) is 0 Å². The summed E-state index contributed by atoms with van der Waals surface area (Å²) >= 11 is 0. The molecule has 2 rings (SSSR count). The fourth-order valence-electron chi connectivity index (χ4n) is 1.45. The monoisotopic (exact) mass is 233 g/mol. The average molecular weight is 233 g/mol. The Kier molecular flexibility index (Phi) is 3.15. The molecule has 2 aromatic rings. The summed E-state index contributed by atoms with van der Waals surface area (Å²) in [6.45, 7) is 0.811. The first-order valence-electron chi connectivity index (χ1n) is 5.09. The van der Waals surface area contributed by atoms with Gasteiger partial charge < -0.3 is 10.5 Å². The molecule has 2 N–H and O–H groups in total. The number of non-ortho nitro benzene ring substituents is 1. The molecule has 6 heteroatoms. The van der Waals surface area contributed by atoms with E-state index in [9.17, 15) is 10.1 Å². The van der Waals surface area contributed by atoms with Crippen LogP contribution < -0.4 is 10.5 Å². The maximum absolute atomic E-state index is 10.6. The molecular formula is C11H11N3O3. The number of hydrogen-bond acceptors (Lipinski definition) is 5. The molecule has 1 heterocycles. The van der Waals surface area contributed by atoms with Crippen LogP contribution in [0.4, 0.5) is 5.69 Å². The second-order valence-corrected chi connectivity index (χ2v) is 3.42. The molecule has 0 bridgehead atoms. The van der Waals surface area contributed by atoms with Crippen molar-refractivity contribution in [3.8, 4) is 5.88 Å². The van der Waals surface area contributed by atoms with Gasteiger partial charge in [-0.05, 0) is 12.1 Å². The number of rotatable bonds is 4. The summed E-state index contributed by atoms with van der Waals surface area (Å²) in [6.07, 6.45) is 0. The number of hydrogen-bond donors (Lipinski definition) is 1. The lowest BCUT2D eigenvalue weighted by Gasteiger charge is -2.04. The Morgan fingerprint density at radius 1 is 1.35 bits per heavy atom. The Morgan fingerprint density at radius 2 is 2.18 bits per heavy atom. The van der Waals surface area contributed by atoms with Crippen LogP contribution in [0.3, 0.4) is 0 Å². The number of nitro groups is 1. The summed E-state index contributed by atoms with van der Waals surface area (Å²) in [4.78, 5) is 14.4. The molecule has 0 fully saturated rings. The van der Waals surface area contributed by atoms with Crippen LogP contribution in [-0.4, -0.2) is 23.1 Å². The van der Waals surface area contributed by atoms with Crippen molar-refractivity contribution in [2.75, 3.05) is 13.2 Å². The third-order valence-electron chi connectivity index (χ3n) is 2.23. The molecule has 0 amide bonds. The highest BCUT2D eigenvalue weighted by molar-refractivity contribution is 5.81. The first kappa shape index (κ1) is 11.3. The maximum atomic E-state index is 10.6. The second kappa shape index (κ2) is 4.75. The van der Waals surface area contributed by atoms with Gasteiger partial charge in [-0.2, -0.15) is 0 Å². The molecule has 0 saturated heterocycles. The summed E-state index contributed by atoms with van der Waals surface area (Å²) < 4.78 is 5.27. The van der Waals surface area contributed by atoms with Crippen LogP contribution in [0.15, 0.2) is 30.3 Å². The number of ether oxygens (including phenoxy) is 1. The van der Waals surface area contributed by atoms with Crippen LogP contribution in [-0.2, 0) is 0 Å². The molecule has 0 saturated carbocycles. The van der Waals surface area contributed by atoms with Gasteiger partial charge in [0.05, 0.1) is 10.4 Å². The molecule has 0 spiro atoms. The number of benzene rings is 1. The van der Waals surface area contributed by atoms with Gasteiger partial charge >= 0.3 is 0 Å². The fourth-order valence-corrected chi connectivity index (χ4v) is 1.45. The Balaban J connectivity index is 2.36. The highest BCUT2D eigenvalue weighted by Gasteiger charge is 2.07. The van der Waals surface area contributed by atoms with Crippen molar-refractivity contribution >= 4 is 16.6 Å². The van der Waals surface area contributed by atoms with Crippen molar-refractivity contribution in [2.45, 2.75) is 0 Å². The van der Waals surface area contributed by atoms with E-state index in [4.69, 9.17) is 10.5 Å². The lowest BCUT2D eigenvalue weighted by Crippen LogP contribution is -2.11. The molecule has 0 aliphatic carbocycles. The predicted molar refractivity (Wildman–Crippen MR) is 62.9 cm³/mol. The van der Waals surface area contributed by atoms with Gasteiger partial charge in [0.15, 0.2) is 0 Å². The summed E-state index contributed by atoms with van der Waals surface area (Å²) in [6, 6.07) is 7.91. The highest BCUT2D eigenvalue weighted by Crippen LogP contribution is 2.21. The molecule has 88 valence electrons. The van der Waals surface area contributed by atoms with Crippen molar-refractivity contribution in [1.82, 2.24) is 4.98 Å². The van der Waals surface area contributed by atoms with Gasteiger partial charge in [0.2, 0.25) is 5.88 Å². The second-order valence-electron chi connectivity index (χ2n) is 3.42. The topological polar surface area (TPSA) is 91.3 Å². The Hall–Kier alpha value is -2.21. The quantitative estimate of drug-likeness (QED) is 0.637. The van der Waals surface area contributed by atoms with Gasteiger partial charge in [-0.25, -0.2) is 4.98 Å². The van der Waals surface area contributed by atoms with E-state index < -0.39 is 4.92 Å². The maximum Gasteiger partial charge on any atom is 0.270 e. The molecule has 1 aromatic carbocycles. The number of nitro benzene ring substituents is 1. The van der Waals surface area contributed by atoms with Crippen molar-refractivity contribution in [2.24, 2.45) is 5.73 Å². The van der Waals surface area contributed by atoms with Crippen LogP contribution in [0, 0.1) is 10.1 Å². The van der Waals surface area contributed by atoms with Gasteiger partial charge in [0, 0.05) is 30.1 Å². The first-order valence-corrected chi connectivity index (χ1v) is 5.09. The number of aromatic nitrogens is 1. The molecule has 0 aliphatic heterocycles. The average Bonchev–Trinajstić information content (AvgIpc) is 2.35. The SMILES string of the molecule is NCCOc1ccc2cc([N+](=O)[O-])ccc2n1. The summed E-state index contributed by atoms with van der Waals surface area (Å²) in [5, 5.41) is 11.3. The van der Waals surface area contributed by atoms with Gasteiger partial charge in [-0.1, -0.05) is 0 Å². The van der Waals surface area contributed by atoms with Crippen molar-refractivity contribution in [3.05, 3.63) is 40.4 Å². The van der Waals surface area contributed by atoms with E-state index in [1.165, 1.54) is 12.1 Å². The third-order valence-corrected chi connectivity index (χ3v) is 2.23. The minimum Gasteiger partial charge on any atom is -0.476 e. The number of nitrogens with zero attached hydrogens (tertiary/aromatic N) is 2. The normalized spacial score (nSPS) is 10.4. The van der Waals surface area contributed by atoms with Crippen LogP contribution in [0.1, 0.15) is 0 Å². The minimum atomic E-state index is -0.432. The Bertz CT molecular complexity index is 557. The van der Waals surface area contributed by atoms with Gasteiger partial charge in [-0.3, -0.25) is 10.1 Å². The fraction of sp³-hybridized carbons (Fsp3) is 0.182. The van der Waals surface area contributed by atoms with Crippen LogP contribution in [0.5, 0.6) is 5.88 Å². The van der Waals surface area contributed by atoms with Crippen molar-refractivity contribution in [1.29, 1.82) is 0 Å². The summed E-state index contributed by atoms with van der Waals surface area (Å²) in [5.41, 5.74) is 6.02. The molecule has 17 heavy (non-hydrogen) atoms. The lowest BCUT2D eigenvalue weighted by molar-refractivity contribution is -0.384. The highest BCUT2D eigenvalue weighted by atomic mass is 16.6. The number of pyridine rings is 1. The zero-order valence-corrected chi connectivity index (χ0v) is 9.00. The van der Waals surface area contributed by atoms with Gasteiger partial charge in [0.25, 0.3) is 5.69 Å². The molecule has 0 unspecified atom stereocenters. The summed E-state index contributed by atoms with van der Waals surface area (Å²) in [7, 11) is 0. The molecule has 0 atom stereocenters. The number of nitrogens with two attached hydrogens (primary N) is 1. The van der Waals surface area contributed by atoms with Gasteiger partial charge in [-0.15, -0.1) is 0 Å². The number of fused-ring (bicyclic) bond motifs is 1. The van der Waals surface area contributed by atoms with E-state index in [1.807, 2.05) is 0 Å². The van der Waals surface area contributed by atoms with E-state index in [0.29, 0.717) is 29.9 Å². The molecule has 1 aromatic heterocycles. The van der Waals surface area contributed by atoms with Gasteiger partial charge in [0.1, 0.15) is 6.61 Å². The lowest BCUT2D eigenvalue weighted by atomic mass is 10.2. The van der Waals surface area contributed by atoms with E-state index in [-0.39, 0.29) is 5.69 Å². The smallest absolute Gasteiger partial charge is 0.270 e. The first-order chi connectivity index (χ1) is 8.20. The summed E-state index contributed by atoms with van der Waals surface area (Å²) in [5.74, 6) is 0.469. The molecule has 0 radical (unpaired) electrons. The predicted octanol–water partition coefficient (Wildman–Crippen LogP) is 1.48. The van der Waals surface area contributed by atoms with Crippen molar-refractivity contribution in [3.63, 3.8) is 0 Å². The zero-order valence-electron chi connectivity index (χ0n) is 9.00. The van der Waals surface area contributed by atoms with Crippen LogP contribution in [0.25, 0.3) is 10.9 Å². The molecule has 0 aliphatic rings. The largest absolute Gasteiger partial charge is 0.476 e. The third kappa shape index (κ3) is 2.48. The standard InChI is InChI=1S/C11H11N3O3/c12-5-6-17-11-4-1-8-7-9(14(15)16)2-3-10(8)13-11/h1-4,7H,5-6,12H2. The Morgan fingerprint density at radius 3 is 2.88 bits per heavy atom. The van der Waals surface area contributed by atoms with E-state index in [2.05, 4.69) is 4.98 Å². The van der Waals surface area contributed by atoms with E-state index in [1.54, 1.807) is 18.2 Å². The molecular weight excluding hydrogens is 222 g/mol. The van der Waals surface area contributed by atoms with Crippen molar-refractivity contribution < 1.29 is 9.66 Å². The Labute approximate surface area is 97.2 Å². The zero-order chi connectivity index (χ0) is 12.3. The van der Waals surface area contributed by atoms with Crippen LogP contribution >= 0.6 is 0 Å². The van der Waals surface area contributed by atoms with E-state index >= 15 is 0 Å².